The third-order valence-corrected chi connectivity index (χ3v) is 9.16. The van der Waals surface area contributed by atoms with Crippen LogP contribution in [0.5, 0.6) is 0 Å². The van der Waals surface area contributed by atoms with Crippen molar-refractivity contribution in [2.75, 3.05) is 16.0 Å². The lowest BCUT2D eigenvalue weighted by Gasteiger charge is -2.42. The first kappa shape index (κ1) is 29.2. The molecule has 42 heavy (non-hydrogen) atoms. The van der Waals surface area contributed by atoms with Gasteiger partial charge < -0.3 is 16.2 Å². The van der Waals surface area contributed by atoms with Crippen molar-refractivity contribution >= 4 is 63.2 Å². The molecule has 1 aromatic carbocycles. The predicted octanol–water partition coefficient (Wildman–Crippen LogP) is 4.96. The summed E-state index contributed by atoms with van der Waals surface area (Å²) in [5.41, 5.74) is 8.55. The number of Topliss-reactive ketones (excluding diaryl/α,β-unsaturated/α-hetero) is 1. The second-order valence-corrected chi connectivity index (χ2v) is 13.0. The fourth-order valence-corrected chi connectivity index (χ4v) is 6.93. The van der Waals surface area contributed by atoms with E-state index in [2.05, 4.69) is 26.6 Å². The molecule has 0 fully saturated rings. The zero-order chi connectivity index (χ0) is 30.2. The maximum atomic E-state index is 13.6. The van der Waals surface area contributed by atoms with E-state index < -0.39 is 11.9 Å². The van der Waals surface area contributed by atoms with E-state index in [4.69, 9.17) is 17.3 Å². The number of rotatable bonds is 7. The van der Waals surface area contributed by atoms with Crippen LogP contribution in [-0.2, 0) is 9.59 Å². The Labute approximate surface area is 254 Å². The average Bonchev–Trinajstić information content (AvgIpc) is 3.40. The molecule has 0 spiro atoms. The summed E-state index contributed by atoms with van der Waals surface area (Å²) >= 11 is 8.21. The zero-order valence-corrected chi connectivity index (χ0v) is 24.8. The van der Waals surface area contributed by atoms with Crippen LogP contribution >= 0.6 is 34.7 Å². The number of nitrogens with zero attached hydrogens (tertiary/aromatic N) is 5. The smallest absolute Gasteiger partial charge is 0.337 e. The standard InChI is InChI=1S/C28H24ClN7O4S2/c1-28(2)9-19-23(20(37)10-28)22(14-4-3-7-32-12-14)17(11-30)24(31)36(19)26-34-35-27(42-26)41-13-21(38)33-15-5-6-18(29)16(8-15)25(39)40/h3-8,12,22H,9-10,13,31H2,1-2H3,(H,33,38)(H,39,40). The summed E-state index contributed by atoms with van der Waals surface area (Å²) in [5.74, 6) is -2.16. The molecule has 0 bridgehead atoms. The van der Waals surface area contributed by atoms with Gasteiger partial charge in [-0.15, -0.1) is 10.2 Å². The largest absolute Gasteiger partial charge is 0.478 e. The number of benzene rings is 1. The molecular weight excluding hydrogens is 598 g/mol. The van der Waals surface area contributed by atoms with Gasteiger partial charge in [0.05, 0.1) is 33.9 Å². The van der Waals surface area contributed by atoms with Crippen LogP contribution in [0.3, 0.4) is 0 Å². The lowest BCUT2D eigenvalue weighted by molar-refractivity contribution is -0.118. The van der Waals surface area contributed by atoms with Gasteiger partial charge in [0.25, 0.3) is 0 Å². The molecular formula is C28H24ClN7O4S2. The fourth-order valence-electron chi connectivity index (χ4n) is 5.05. The minimum absolute atomic E-state index is 0.0308. The molecule has 3 aromatic rings. The fraction of sp³-hybridized carbons (Fsp3) is 0.250. The highest BCUT2D eigenvalue weighted by atomic mass is 35.5. The van der Waals surface area contributed by atoms with E-state index in [9.17, 15) is 24.8 Å². The molecule has 0 saturated heterocycles. The van der Waals surface area contributed by atoms with Crippen LogP contribution in [0.25, 0.3) is 0 Å². The Kier molecular flexibility index (Phi) is 8.05. The highest BCUT2D eigenvalue weighted by Crippen LogP contribution is 2.50. The number of aromatic carboxylic acids is 1. The number of carbonyl (C=O) groups excluding carboxylic acids is 2. The van der Waals surface area contributed by atoms with E-state index in [1.807, 2.05) is 19.9 Å². The number of carboxylic acids is 1. The molecule has 4 N–H and O–H groups in total. The van der Waals surface area contributed by atoms with Crippen LogP contribution in [0.15, 0.2) is 69.7 Å². The normalized spacial score (nSPS) is 18.0. The van der Waals surface area contributed by atoms with Crippen LogP contribution in [0.4, 0.5) is 10.8 Å². The minimum Gasteiger partial charge on any atom is -0.478 e. The van der Waals surface area contributed by atoms with Gasteiger partial charge in [-0.2, -0.15) is 5.26 Å². The minimum atomic E-state index is -1.20. The molecule has 1 atom stereocenters. The number of aromatic nitrogens is 3. The number of carbonyl (C=O) groups is 3. The molecule has 0 radical (unpaired) electrons. The van der Waals surface area contributed by atoms with Crippen molar-refractivity contribution < 1.29 is 19.5 Å². The van der Waals surface area contributed by atoms with Gasteiger partial charge in [-0.25, -0.2) is 4.79 Å². The molecule has 0 saturated carbocycles. The lowest BCUT2D eigenvalue weighted by atomic mass is 9.69. The zero-order valence-electron chi connectivity index (χ0n) is 22.4. The van der Waals surface area contributed by atoms with Gasteiger partial charge in [0.15, 0.2) is 10.1 Å². The summed E-state index contributed by atoms with van der Waals surface area (Å²) in [7, 11) is 0. The molecule has 1 aliphatic carbocycles. The van der Waals surface area contributed by atoms with Gasteiger partial charge >= 0.3 is 5.97 Å². The van der Waals surface area contributed by atoms with Crippen molar-refractivity contribution in [3.63, 3.8) is 0 Å². The number of hydrogen-bond donors (Lipinski definition) is 3. The van der Waals surface area contributed by atoms with Crippen LogP contribution in [0.1, 0.15) is 48.5 Å². The van der Waals surface area contributed by atoms with Gasteiger partial charge in [-0.05, 0) is 41.7 Å². The number of ketones is 1. The molecule has 1 unspecified atom stereocenters. The second kappa shape index (κ2) is 11.6. The molecule has 214 valence electrons. The Morgan fingerprint density at radius 2 is 2.10 bits per heavy atom. The number of anilines is 2. The first-order chi connectivity index (χ1) is 20.0. The van der Waals surface area contributed by atoms with Crippen molar-refractivity contribution in [2.24, 2.45) is 11.1 Å². The van der Waals surface area contributed by atoms with Gasteiger partial charge in [0, 0.05) is 35.8 Å². The van der Waals surface area contributed by atoms with E-state index in [0.717, 1.165) is 11.8 Å². The van der Waals surface area contributed by atoms with E-state index in [-0.39, 0.29) is 44.8 Å². The molecule has 2 aliphatic rings. The Balaban J connectivity index is 1.42. The number of allylic oxidation sites excluding steroid dienone is 3. The average molecular weight is 622 g/mol. The number of nitriles is 1. The summed E-state index contributed by atoms with van der Waals surface area (Å²) in [4.78, 5) is 43.3. The molecule has 5 rings (SSSR count). The second-order valence-electron chi connectivity index (χ2n) is 10.5. The summed E-state index contributed by atoms with van der Waals surface area (Å²) in [6, 6.07) is 9.99. The maximum Gasteiger partial charge on any atom is 0.337 e. The topological polar surface area (TPSA) is 175 Å². The number of thioether (sulfide) groups is 1. The third kappa shape index (κ3) is 5.74. The van der Waals surface area contributed by atoms with E-state index >= 15 is 0 Å². The summed E-state index contributed by atoms with van der Waals surface area (Å²) in [6.45, 7) is 4.01. The summed E-state index contributed by atoms with van der Waals surface area (Å²) < 4.78 is 0.465. The highest BCUT2D eigenvalue weighted by Gasteiger charge is 2.45. The van der Waals surface area contributed by atoms with Crippen LogP contribution in [-0.4, -0.2) is 43.7 Å². The maximum absolute atomic E-state index is 13.6. The SMILES string of the molecule is CC1(C)CC(=O)C2=C(C1)N(c1nnc(SCC(=O)Nc3ccc(Cl)c(C(=O)O)c3)s1)C(N)=C(C#N)C2c1cccnc1. The quantitative estimate of drug-likeness (QED) is 0.304. The summed E-state index contributed by atoms with van der Waals surface area (Å²) in [6.07, 6.45) is 4.11. The number of carboxylic acid groups (broad SMARTS) is 1. The number of halogens is 1. The number of pyridine rings is 1. The van der Waals surface area contributed by atoms with Gasteiger partial charge in [0.2, 0.25) is 11.0 Å². The van der Waals surface area contributed by atoms with Gasteiger partial charge in [-0.1, -0.05) is 54.6 Å². The molecule has 11 nitrogen and oxygen atoms in total. The van der Waals surface area contributed by atoms with Crippen molar-refractivity contribution in [3.05, 3.63) is 81.5 Å². The van der Waals surface area contributed by atoms with E-state index in [1.165, 1.54) is 29.5 Å². The van der Waals surface area contributed by atoms with Crippen LogP contribution < -0.4 is 16.0 Å². The van der Waals surface area contributed by atoms with Crippen LogP contribution in [0.2, 0.25) is 5.02 Å². The number of nitrogens with two attached hydrogens (primary N) is 1. The van der Waals surface area contributed by atoms with Crippen molar-refractivity contribution in [2.45, 2.75) is 36.9 Å². The first-order valence-corrected chi connectivity index (χ1v) is 14.8. The number of hydrogen-bond acceptors (Lipinski definition) is 11. The summed E-state index contributed by atoms with van der Waals surface area (Å²) in [5, 5.41) is 31.0. The predicted molar refractivity (Wildman–Crippen MR) is 159 cm³/mol. The van der Waals surface area contributed by atoms with Crippen LogP contribution in [0, 0.1) is 16.7 Å². The van der Waals surface area contributed by atoms with E-state index in [1.54, 1.807) is 23.4 Å². The molecule has 1 aliphatic heterocycles. The first-order valence-electron chi connectivity index (χ1n) is 12.6. The van der Waals surface area contributed by atoms with Crippen molar-refractivity contribution in [1.82, 2.24) is 15.2 Å². The monoisotopic (exact) mass is 621 g/mol. The Morgan fingerprint density at radius 1 is 1.31 bits per heavy atom. The molecule has 1 amide bonds. The lowest BCUT2D eigenvalue weighted by Crippen LogP contribution is -2.42. The Bertz CT molecular complexity index is 1710. The van der Waals surface area contributed by atoms with Gasteiger partial charge in [-0.3, -0.25) is 19.5 Å². The number of nitrogens with one attached hydrogen (secondary N) is 1. The van der Waals surface area contributed by atoms with E-state index in [0.29, 0.717) is 44.8 Å². The molecule has 2 aromatic heterocycles. The van der Waals surface area contributed by atoms with Crippen molar-refractivity contribution in [3.8, 4) is 6.07 Å². The molecule has 14 heteroatoms. The van der Waals surface area contributed by atoms with Gasteiger partial charge in [0.1, 0.15) is 5.82 Å². The Morgan fingerprint density at radius 3 is 2.79 bits per heavy atom. The van der Waals surface area contributed by atoms with Crippen molar-refractivity contribution in [1.29, 1.82) is 5.26 Å². The highest BCUT2D eigenvalue weighted by molar-refractivity contribution is 8.01. The number of amides is 1. The Hall–Kier alpha value is -4.25. The molecule has 3 heterocycles. The third-order valence-electron chi connectivity index (χ3n) is 6.79.